The van der Waals surface area contributed by atoms with Crippen LogP contribution in [0.2, 0.25) is 18.1 Å². The molecule has 0 aliphatic carbocycles. The lowest BCUT2D eigenvalue weighted by Gasteiger charge is -2.38. The van der Waals surface area contributed by atoms with Crippen LogP contribution in [0, 0.1) is 0 Å². The van der Waals surface area contributed by atoms with Crippen molar-refractivity contribution in [3.8, 4) is 5.75 Å². The van der Waals surface area contributed by atoms with E-state index in [9.17, 15) is 0 Å². The van der Waals surface area contributed by atoms with Gasteiger partial charge >= 0.3 is 0 Å². The Morgan fingerprint density at radius 1 is 1.29 bits per heavy atom. The fourth-order valence-corrected chi connectivity index (χ4v) is 3.37. The van der Waals surface area contributed by atoms with Gasteiger partial charge in [-0.15, -0.1) is 0 Å². The van der Waals surface area contributed by atoms with E-state index in [0.29, 0.717) is 6.04 Å². The van der Waals surface area contributed by atoms with Crippen LogP contribution < -0.4 is 10.1 Å². The average Bonchev–Trinajstić information content (AvgIpc) is 2.43. The molecule has 0 aromatic heterocycles. The molecule has 0 saturated heterocycles. The Balaban J connectivity index is 1.96. The second-order valence-corrected chi connectivity index (χ2v) is 12.3. The van der Waals surface area contributed by atoms with Crippen LogP contribution in [0.4, 0.5) is 5.69 Å². The van der Waals surface area contributed by atoms with Gasteiger partial charge in [0, 0.05) is 11.7 Å². The van der Waals surface area contributed by atoms with Gasteiger partial charge in [-0.1, -0.05) is 20.8 Å². The molecule has 0 saturated carbocycles. The van der Waals surface area contributed by atoms with Crippen LogP contribution in [0.25, 0.3) is 0 Å². The zero-order valence-corrected chi connectivity index (χ0v) is 15.2. The van der Waals surface area contributed by atoms with Gasteiger partial charge in [0.2, 0.25) is 0 Å². The van der Waals surface area contributed by atoms with Gasteiger partial charge in [-0.05, 0) is 54.7 Å². The number of benzene rings is 1. The Bertz CT molecular complexity index is 494. The number of hydrogen-bond donors (Lipinski definition) is 1. The van der Waals surface area contributed by atoms with Crippen LogP contribution in [-0.4, -0.2) is 28.1 Å². The molecular formula is C17H29NO2Si. The summed E-state index contributed by atoms with van der Waals surface area (Å²) in [4.78, 5) is 0. The van der Waals surface area contributed by atoms with E-state index in [4.69, 9.17) is 9.16 Å². The van der Waals surface area contributed by atoms with Gasteiger partial charge in [0.1, 0.15) is 5.75 Å². The summed E-state index contributed by atoms with van der Waals surface area (Å²) in [7, 11) is 0.0609. The minimum Gasteiger partial charge on any atom is -0.497 e. The van der Waals surface area contributed by atoms with Crippen molar-refractivity contribution in [2.24, 2.45) is 0 Å². The Labute approximate surface area is 130 Å². The van der Waals surface area contributed by atoms with Crippen molar-refractivity contribution >= 4 is 14.0 Å². The minimum absolute atomic E-state index is 0.271. The summed E-state index contributed by atoms with van der Waals surface area (Å²) in [5.74, 6) is 0.937. The molecule has 0 radical (unpaired) electrons. The molecule has 21 heavy (non-hydrogen) atoms. The number of ether oxygens (including phenoxy) is 1. The molecule has 0 amide bonds. The summed E-state index contributed by atoms with van der Waals surface area (Å²) in [5.41, 5.74) is 2.57. The fourth-order valence-electron chi connectivity index (χ4n) is 2.32. The highest BCUT2D eigenvalue weighted by atomic mass is 28.4. The standard InChI is InChI=1S/C17H29NO2Si/c1-17(2,3)21(5,6)20-12-14-8-7-13-11-15(19-4)9-10-16(13)18-14/h9-11,14,18H,7-8,12H2,1-6H3/t14-/m1/s1. The van der Waals surface area contributed by atoms with E-state index < -0.39 is 8.32 Å². The molecule has 1 aliphatic rings. The molecule has 1 aromatic carbocycles. The smallest absolute Gasteiger partial charge is 0.192 e. The van der Waals surface area contributed by atoms with Gasteiger partial charge in [0.05, 0.1) is 13.7 Å². The Morgan fingerprint density at radius 2 is 2.00 bits per heavy atom. The molecule has 0 fully saturated rings. The van der Waals surface area contributed by atoms with Crippen LogP contribution in [0.3, 0.4) is 0 Å². The zero-order chi connectivity index (χ0) is 15.7. The molecule has 1 aromatic rings. The highest BCUT2D eigenvalue weighted by molar-refractivity contribution is 6.74. The molecule has 0 bridgehead atoms. The number of aryl methyl sites for hydroxylation is 1. The van der Waals surface area contributed by atoms with Crippen molar-refractivity contribution in [2.45, 2.75) is 57.8 Å². The first-order valence-electron chi connectivity index (χ1n) is 7.80. The van der Waals surface area contributed by atoms with Crippen LogP contribution in [0.5, 0.6) is 5.75 Å². The minimum atomic E-state index is -1.66. The third-order valence-electron chi connectivity index (χ3n) is 4.89. The van der Waals surface area contributed by atoms with Crippen LogP contribution in [0.15, 0.2) is 18.2 Å². The molecule has 1 N–H and O–H groups in total. The number of methoxy groups -OCH3 is 1. The molecule has 118 valence electrons. The van der Waals surface area contributed by atoms with Crippen molar-refractivity contribution in [3.05, 3.63) is 23.8 Å². The van der Waals surface area contributed by atoms with E-state index >= 15 is 0 Å². The van der Waals surface area contributed by atoms with E-state index in [1.54, 1.807) is 7.11 Å². The van der Waals surface area contributed by atoms with Crippen molar-refractivity contribution < 1.29 is 9.16 Å². The van der Waals surface area contributed by atoms with E-state index in [1.165, 1.54) is 11.3 Å². The number of rotatable bonds is 4. The Kier molecular flexibility index (Phi) is 4.68. The lowest BCUT2D eigenvalue weighted by Crippen LogP contribution is -2.44. The average molecular weight is 308 g/mol. The van der Waals surface area contributed by atoms with Gasteiger partial charge in [0.25, 0.3) is 0 Å². The van der Waals surface area contributed by atoms with E-state index in [0.717, 1.165) is 25.2 Å². The Morgan fingerprint density at radius 3 is 2.62 bits per heavy atom. The predicted molar refractivity (Wildman–Crippen MR) is 91.9 cm³/mol. The molecule has 1 heterocycles. The third kappa shape index (κ3) is 3.80. The summed E-state index contributed by atoms with van der Waals surface area (Å²) in [6.07, 6.45) is 2.21. The molecule has 3 nitrogen and oxygen atoms in total. The third-order valence-corrected chi connectivity index (χ3v) is 9.39. The first kappa shape index (κ1) is 16.4. The fraction of sp³-hybridized carbons (Fsp3) is 0.647. The van der Waals surface area contributed by atoms with E-state index in [1.807, 2.05) is 6.07 Å². The summed E-state index contributed by atoms with van der Waals surface area (Å²) in [6, 6.07) is 6.68. The molecular weight excluding hydrogens is 278 g/mol. The van der Waals surface area contributed by atoms with Gasteiger partial charge < -0.3 is 14.5 Å². The SMILES string of the molecule is COc1ccc2c(c1)CC[C@H](CO[Si](C)(C)C(C)(C)C)N2. The highest BCUT2D eigenvalue weighted by Gasteiger charge is 2.37. The number of nitrogens with one attached hydrogen (secondary N) is 1. The molecule has 1 atom stereocenters. The van der Waals surface area contributed by atoms with Crippen molar-refractivity contribution in [1.29, 1.82) is 0 Å². The molecule has 4 heteroatoms. The topological polar surface area (TPSA) is 30.5 Å². The van der Waals surface area contributed by atoms with Crippen LogP contribution in [-0.2, 0) is 10.8 Å². The highest BCUT2D eigenvalue weighted by Crippen LogP contribution is 2.37. The molecule has 2 rings (SSSR count). The van der Waals surface area contributed by atoms with Crippen molar-refractivity contribution in [2.75, 3.05) is 19.0 Å². The maximum absolute atomic E-state index is 6.35. The number of anilines is 1. The second kappa shape index (κ2) is 6.01. The number of fused-ring (bicyclic) bond motifs is 1. The van der Waals surface area contributed by atoms with E-state index in [-0.39, 0.29) is 5.04 Å². The van der Waals surface area contributed by atoms with Crippen molar-refractivity contribution in [1.82, 2.24) is 0 Å². The summed E-state index contributed by atoms with van der Waals surface area (Å²) in [6.45, 7) is 12.3. The Hall–Kier alpha value is -1.00. The van der Waals surface area contributed by atoms with Crippen LogP contribution in [0.1, 0.15) is 32.8 Å². The molecule has 1 aliphatic heterocycles. The maximum atomic E-state index is 6.35. The second-order valence-electron chi connectivity index (χ2n) is 7.47. The van der Waals surface area contributed by atoms with Gasteiger partial charge in [0.15, 0.2) is 8.32 Å². The van der Waals surface area contributed by atoms with Gasteiger partial charge in [-0.3, -0.25) is 0 Å². The summed E-state index contributed by atoms with van der Waals surface area (Å²) < 4.78 is 11.6. The first-order chi connectivity index (χ1) is 9.73. The van der Waals surface area contributed by atoms with Crippen molar-refractivity contribution in [3.63, 3.8) is 0 Å². The lowest BCUT2D eigenvalue weighted by molar-refractivity contribution is 0.264. The number of hydrogen-bond acceptors (Lipinski definition) is 3. The van der Waals surface area contributed by atoms with Gasteiger partial charge in [-0.2, -0.15) is 0 Å². The summed E-state index contributed by atoms with van der Waals surface area (Å²) in [5, 5.41) is 3.88. The monoisotopic (exact) mass is 307 g/mol. The predicted octanol–water partition coefficient (Wildman–Crippen LogP) is 4.44. The zero-order valence-electron chi connectivity index (χ0n) is 14.2. The maximum Gasteiger partial charge on any atom is 0.192 e. The quantitative estimate of drug-likeness (QED) is 0.834. The molecule has 0 spiro atoms. The largest absolute Gasteiger partial charge is 0.497 e. The first-order valence-corrected chi connectivity index (χ1v) is 10.7. The van der Waals surface area contributed by atoms with Crippen LogP contribution >= 0.6 is 0 Å². The molecule has 0 unspecified atom stereocenters. The van der Waals surface area contributed by atoms with E-state index in [2.05, 4.69) is 51.3 Å². The normalized spacial score (nSPS) is 18.9. The lowest BCUT2D eigenvalue weighted by atomic mass is 9.98. The summed E-state index contributed by atoms with van der Waals surface area (Å²) >= 11 is 0. The van der Waals surface area contributed by atoms with Gasteiger partial charge in [-0.25, -0.2) is 0 Å².